The lowest BCUT2D eigenvalue weighted by atomic mass is 9.98. The van der Waals surface area contributed by atoms with Gasteiger partial charge in [0.15, 0.2) is 0 Å². The van der Waals surface area contributed by atoms with Crippen molar-refractivity contribution in [2.24, 2.45) is 11.8 Å². The second-order valence-electron chi connectivity index (χ2n) is 2.42. The van der Waals surface area contributed by atoms with Crippen LogP contribution in [0.15, 0.2) is 0 Å². The summed E-state index contributed by atoms with van der Waals surface area (Å²) in [5.41, 5.74) is 0. The molecule has 1 rings (SSSR count). The first-order chi connectivity index (χ1) is 4.38. The van der Waals surface area contributed by atoms with Crippen LogP contribution in [-0.2, 0) is 4.74 Å². The molecule has 2 atom stereocenters. The minimum Gasteiger partial charge on any atom is -0.396 e. The van der Waals surface area contributed by atoms with E-state index in [-0.39, 0.29) is 25.0 Å². The second-order valence-corrected chi connectivity index (χ2v) is 2.42. The fourth-order valence-corrected chi connectivity index (χ4v) is 1.05. The highest BCUT2D eigenvalue weighted by Gasteiger charge is 2.26. The highest BCUT2D eigenvalue weighted by molar-refractivity contribution is 4.73. The Labute approximate surface area is 54.3 Å². The van der Waals surface area contributed by atoms with Crippen molar-refractivity contribution in [3.8, 4) is 0 Å². The molecule has 3 nitrogen and oxygen atoms in total. The van der Waals surface area contributed by atoms with Crippen LogP contribution in [0.3, 0.4) is 0 Å². The molecule has 0 spiro atoms. The van der Waals surface area contributed by atoms with E-state index in [1.54, 1.807) is 0 Å². The summed E-state index contributed by atoms with van der Waals surface area (Å²) in [4.78, 5) is 0. The molecular weight excluding hydrogens is 120 g/mol. The summed E-state index contributed by atoms with van der Waals surface area (Å²) in [5.74, 6) is 0.324. The lowest BCUT2D eigenvalue weighted by molar-refractivity contribution is 0.152. The molecule has 1 fully saturated rings. The minimum atomic E-state index is 0.130. The molecule has 0 unspecified atom stereocenters. The van der Waals surface area contributed by atoms with Crippen LogP contribution in [0.1, 0.15) is 0 Å². The Morgan fingerprint density at radius 2 is 1.56 bits per heavy atom. The second kappa shape index (κ2) is 3.15. The van der Waals surface area contributed by atoms with Gasteiger partial charge in [-0.1, -0.05) is 0 Å². The number of aliphatic hydroxyl groups is 2. The van der Waals surface area contributed by atoms with Crippen LogP contribution >= 0.6 is 0 Å². The van der Waals surface area contributed by atoms with E-state index in [1.807, 2.05) is 0 Å². The van der Waals surface area contributed by atoms with Crippen molar-refractivity contribution < 1.29 is 14.9 Å². The van der Waals surface area contributed by atoms with Crippen molar-refractivity contribution in [3.63, 3.8) is 0 Å². The SMILES string of the molecule is OC[C@@H]1COC[C@H]1CO. The molecule has 0 saturated carbocycles. The van der Waals surface area contributed by atoms with Crippen LogP contribution in [0.2, 0.25) is 0 Å². The van der Waals surface area contributed by atoms with Gasteiger partial charge in [0, 0.05) is 25.0 Å². The van der Waals surface area contributed by atoms with Gasteiger partial charge in [0.1, 0.15) is 0 Å². The summed E-state index contributed by atoms with van der Waals surface area (Å²) < 4.78 is 5.03. The van der Waals surface area contributed by atoms with E-state index in [0.29, 0.717) is 13.2 Å². The van der Waals surface area contributed by atoms with Crippen molar-refractivity contribution in [1.82, 2.24) is 0 Å². The normalized spacial score (nSPS) is 35.3. The average Bonchev–Trinajstić information content (AvgIpc) is 2.33. The van der Waals surface area contributed by atoms with E-state index in [4.69, 9.17) is 14.9 Å². The first-order valence-electron chi connectivity index (χ1n) is 3.18. The van der Waals surface area contributed by atoms with Gasteiger partial charge in [-0.05, 0) is 0 Å². The number of hydrogen-bond donors (Lipinski definition) is 2. The number of ether oxygens (including phenoxy) is 1. The molecular formula is C6H12O3. The quantitative estimate of drug-likeness (QED) is 0.519. The van der Waals surface area contributed by atoms with Crippen molar-refractivity contribution in [2.75, 3.05) is 26.4 Å². The van der Waals surface area contributed by atoms with Gasteiger partial charge >= 0.3 is 0 Å². The maximum atomic E-state index is 8.68. The fraction of sp³-hybridized carbons (Fsp3) is 1.00. The largest absolute Gasteiger partial charge is 0.396 e. The molecule has 3 heteroatoms. The van der Waals surface area contributed by atoms with E-state index in [9.17, 15) is 0 Å². The Kier molecular flexibility index (Phi) is 2.45. The van der Waals surface area contributed by atoms with Crippen LogP contribution in [0, 0.1) is 11.8 Å². The van der Waals surface area contributed by atoms with E-state index in [1.165, 1.54) is 0 Å². The zero-order valence-corrected chi connectivity index (χ0v) is 5.29. The molecule has 2 N–H and O–H groups in total. The van der Waals surface area contributed by atoms with Gasteiger partial charge in [-0.15, -0.1) is 0 Å². The number of rotatable bonds is 2. The van der Waals surface area contributed by atoms with Crippen molar-refractivity contribution >= 4 is 0 Å². The lowest BCUT2D eigenvalue weighted by Gasteiger charge is -2.09. The number of hydrogen-bond acceptors (Lipinski definition) is 3. The predicted octanol–water partition coefficient (Wildman–Crippen LogP) is -0.766. The first kappa shape index (κ1) is 6.99. The molecule has 0 radical (unpaired) electrons. The molecule has 1 heterocycles. The molecule has 0 aromatic heterocycles. The third-order valence-electron chi connectivity index (χ3n) is 1.80. The zero-order valence-electron chi connectivity index (χ0n) is 5.29. The van der Waals surface area contributed by atoms with E-state index < -0.39 is 0 Å². The minimum absolute atomic E-state index is 0.130. The van der Waals surface area contributed by atoms with Crippen molar-refractivity contribution in [3.05, 3.63) is 0 Å². The Morgan fingerprint density at radius 1 is 1.11 bits per heavy atom. The highest BCUT2D eigenvalue weighted by atomic mass is 16.5. The first-order valence-corrected chi connectivity index (χ1v) is 3.18. The fourth-order valence-electron chi connectivity index (χ4n) is 1.05. The van der Waals surface area contributed by atoms with Crippen LogP contribution in [0.4, 0.5) is 0 Å². The molecule has 54 valence electrons. The van der Waals surface area contributed by atoms with Gasteiger partial charge in [0.2, 0.25) is 0 Å². The van der Waals surface area contributed by atoms with Crippen LogP contribution in [0.25, 0.3) is 0 Å². The average molecular weight is 132 g/mol. The molecule has 1 aliphatic heterocycles. The van der Waals surface area contributed by atoms with E-state index in [0.717, 1.165) is 0 Å². The summed E-state index contributed by atoms with van der Waals surface area (Å²) in [6.45, 7) is 1.46. The molecule has 0 aromatic rings. The third kappa shape index (κ3) is 1.41. The molecule has 9 heavy (non-hydrogen) atoms. The Morgan fingerprint density at radius 3 is 1.89 bits per heavy atom. The molecule has 1 saturated heterocycles. The van der Waals surface area contributed by atoms with Gasteiger partial charge in [-0.25, -0.2) is 0 Å². The monoisotopic (exact) mass is 132 g/mol. The standard InChI is InChI=1S/C6H12O3/c7-1-5-3-9-4-6(5)2-8/h5-8H,1-4H2/t5-,6-/m1/s1. The van der Waals surface area contributed by atoms with Gasteiger partial charge in [-0.3, -0.25) is 0 Å². The maximum Gasteiger partial charge on any atom is 0.0520 e. The zero-order chi connectivity index (χ0) is 6.69. The smallest absolute Gasteiger partial charge is 0.0520 e. The van der Waals surface area contributed by atoms with Gasteiger partial charge < -0.3 is 14.9 Å². The highest BCUT2D eigenvalue weighted by Crippen LogP contribution is 2.18. The Balaban J connectivity index is 2.32. The summed E-state index contributed by atoms with van der Waals surface area (Å²) in [6, 6.07) is 0. The Hall–Kier alpha value is -0.120. The van der Waals surface area contributed by atoms with Gasteiger partial charge in [0.05, 0.1) is 13.2 Å². The molecule has 0 aliphatic carbocycles. The van der Waals surface area contributed by atoms with E-state index in [2.05, 4.69) is 0 Å². The molecule has 0 aromatic carbocycles. The summed E-state index contributed by atoms with van der Waals surface area (Å²) in [5, 5.41) is 17.4. The summed E-state index contributed by atoms with van der Waals surface area (Å²) in [6.07, 6.45) is 0. The third-order valence-corrected chi connectivity index (χ3v) is 1.80. The predicted molar refractivity (Wildman–Crippen MR) is 32.0 cm³/mol. The molecule has 0 amide bonds. The van der Waals surface area contributed by atoms with Gasteiger partial charge in [0.25, 0.3) is 0 Å². The van der Waals surface area contributed by atoms with Crippen LogP contribution in [0.5, 0.6) is 0 Å². The van der Waals surface area contributed by atoms with Crippen molar-refractivity contribution in [1.29, 1.82) is 0 Å². The maximum absolute atomic E-state index is 8.68. The summed E-state index contributed by atoms with van der Waals surface area (Å²) in [7, 11) is 0. The van der Waals surface area contributed by atoms with Crippen LogP contribution < -0.4 is 0 Å². The summed E-state index contributed by atoms with van der Waals surface area (Å²) >= 11 is 0. The van der Waals surface area contributed by atoms with Crippen LogP contribution in [-0.4, -0.2) is 36.6 Å². The Bertz CT molecular complexity index is 74.4. The lowest BCUT2D eigenvalue weighted by Crippen LogP contribution is -2.19. The van der Waals surface area contributed by atoms with Crippen molar-refractivity contribution in [2.45, 2.75) is 0 Å². The molecule has 1 aliphatic rings. The van der Waals surface area contributed by atoms with E-state index >= 15 is 0 Å². The molecule has 0 bridgehead atoms. The van der Waals surface area contributed by atoms with Gasteiger partial charge in [-0.2, -0.15) is 0 Å². The number of aliphatic hydroxyl groups excluding tert-OH is 2. The topological polar surface area (TPSA) is 49.7 Å².